The van der Waals surface area contributed by atoms with E-state index in [0.29, 0.717) is 11.5 Å². The highest BCUT2D eigenvalue weighted by molar-refractivity contribution is 5.68. The minimum atomic E-state index is -0.452. The van der Waals surface area contributed by atoms with E-state index in [1.54, 1.807) is 0 Å². The van der Waals surface area contributed by atoms with Crippen LogP contribution in [0.15, 0.2) is 0 Å². The van der Waals surface area contributed by atoms with Crippen molar-refractivity contribution in [2.75, 3.05) is 39.4 Å². The lowest BCUT2D eigenvalue weighted by Crippen LogP contribution is -2.51. The van der Waals surface area contributed by atoms with Gasteiger partial charge in [0.15, 0.2) is 5.79 Å². The first-order valence-electron chi connectivity index (χ1n) is 9.58. The first kappa shape index (κ1) is 18.9. The molecule has 6 nitrogen and oxygen atoms in total. The summed E-state index contributed by atoms with van der Waals surface area (Å²) < 4.78 is 17.2. The molecule has 3 fully saturated rings. The second kappa shape index (κ2) is 6.71. The Hall–Kier alpha value is -0.850. The molecule has 3 aliphatic heterocycles. The number of hydrogen-bond acceptors (Lipinski definition) is 5. The molecule has 0 bridgehead atoms. The van der Waals surface area contributed by atoms with Gasteiger partial charge in [-0.25, -0.2) is 4.79 Å². The fourth-order valence-corrected chi connectivity index (χ4v) is 4.07. The summed E-state index contributed by atoms with van der Waals surface area (Å²) in [5.74, 6) is -0.452. The van der Waals surface area contributed by atoms with E-state index >= 15 is 0 Å². The van der Waals surface area contributed by atoms with Crippen LogP contribution in [0.2, 0.25) is 0 Å². The van der Waals surface area contributed by atoms with E-state index in [9.17, 15) is 4.79 Å². The van der Waals surface area contributed by atoms with Gasteiger partial charge in [0.05, 0.1) is 19.3 Å². The molecule has 1 spiro atoms. The smallest absolute Gasteiger partial charge is 0.410 e. The summed E-state index contributed by atoms with van der Waals surface area (Å²) >= 11 is 0. The Morgan fingerprint density at radius 2 is 1.60 bits per heavy atom. The molecule has 6 heteroatoms. The summed E-state index contributed by atoms with van der Waals surface area (Å²) in [5.41, 5.74) is -0.0867. The van der Waals surface area contributed by atoms with Crippen LogP contribution in [0.5, 0.6) is 0 Å². The first-order chi connectivity index (χ1) is 11.6. The fraction of sp³-hybridized carbons (Fsp3) is 0.947. The molecule has 0 atom stereocenters. The number of hydrogen-bond donors (Lipinski definition) is 0. The van der Waals surface area contributed by atoms with E-state index in [1.807, 2.05) is 39.5 Å². The molecule has 3 saturated heterocycles. The van der Waals surface area contributed by atoms with Crippen LogP contribution in [0.1, 0.15) is 53.9 Å². The highest BCUT2D eigenvalue weighted by Crippen LogP contribution is 2.41. The zero-order chi connectivity index (χ0) is 18.3. The summed E-state index contributed by atoms with van der Waals surface area (Å²) in [7, 11) is 0. The highest BCUT2D eigenvalue weighted by atomic mass is 16.7. The predicted molar refractivity (Wildman–Crippen MR) is 95.4 cm³/mol. The maximum absolute atomic E-state index is 12.2. The zero-order valence-corrected chi connectivity index (χ0v) is 16.5. The van der Waals surface area contributed by atoms with Crippen LogP contribution in [-0.4, -0.2) is 72.7 Å². The van der Waals surface area contributed by atoms with E-state index in [4.69, 9.17) is 14.2 Å². The van der Waals surface area contributed by atoms with Gasteiger partial charge in [-0.2, -0.15) is 0 Å². The van der Waals surface area contributed by atoms with Crippen molar-refractivity contribution in [1.29, 1.82) is 0 Å². The van der Waals surface area contributed by atoms with Crippen molar-refractivity contribution < 1.29 is 19.0 Å². The van der Waals surface area contributed by atoms with Crippen molar-refractivity contribution in [3.05, 3.63) is 0 Å². The van der Waals surface area contributed by atoms with Gasteiger partial charge in [0.2, 0.25) is 0 Å². The van der Waals surface area contributed by atoms with E-state index in [-0.39, 0.29) is 6.09 Å². The average molecular weight is 354 g/mol. The number of carbonyl (C=O) groups excluding carboxylic acids is 1. The fourth-order valence-electron chi connectivity index (χ4n) is 4.07. The highest BCUT2D eigenvalue weighted by Gasteiger charge is 2.44. The van der Waals surface area contributed by atoms with E-state index in [0.717, 1.165) is 52.2 Å². The van der Waals surface area contributed by atoms with Crippen molar-refractivity contribution >= 4 is 6.09 Å². The van der Waals surface area contributed by atoms with Crippen LogP contribution in [0.3, 0.4) is 0 Å². The number of likely N-dealkylation sites (tertiary alicyclic amines) is 2. The summed E-state index contributed by atoms with van der Waals surface area (Å²) in [6.07, 6.45) is 3.15. The molecule has 0 aromatic heterocycles. The number of carbonyl (C=O) groups is 1. The third-order valence-electron chi connectivity index (χ3n) is 5.71. The topological polar surface area (TPSA) is 51.2 Å². The lowest BCUT2D eigenvalue weighted by molar-refractivity contribution is -0.263. The van der Waals surface area contributed by atoms with Gasteiger partial charge in [-0.15, -0.1) is 0 Å². The van der Waals surface area contributed by atoms with Gasteiger partial charge in [-0.3, -0.25) is 4.90 Å². The van der Waals surface area contributed by atoms with Crippen molar-refractivity contribution in [2.24, 2.45) is 5.41 Å². The van der Waals surface area contributed by atoms with Gasteiger partial charge in [0, 0.05) is 19.6 Å². The molecule has 0 aliphatic carbocycles. The van der Waals surface area contributed by atoms with Crippen LogP contribution in [-0.2, 0) is 14.2 Å². The molecule has 0 radical (unpaired) electrons. The normalized spacial score (nSPS) is 27.6. The van der Waals surface area contributed by atoms with Crippen LogP contribution >= 0.6 is 0 Å². The molecule has 3 rings (SSSR count). The second-order valence-corrected chi connectivity index (χ2v) is 9.36. The van der Waals surface area contributed by atoms with E-state index in [1.165, 1.54) is 6.42 Å². The van der Waals surface area contributed by atoms with Crippen molar-refractivity contribution in [3.8, 4) is 0 Å². The number of amides is 1. The molecular formula is C19H34N2O4. The van der Waals surface area contributed by atoms with Gasteiger partial charge >= 0.3 is 6.09 Å². The molecule has 1 amide bonds. The molecule has 0 unspecified atom stereocenters. The van der Waals surface area contributed by atoms with Crippen LogP contribution in [0.4, 0.5) is 4.79 Å². The minimum absolute atomic E-state index is 0.173. The van der Waals surface area contributed by atoms with Crippen LogP contribution in [0.25, 0.3) is 0 Å². The standard InChI is InChI=1S/C19H34N2O4/c1-17(2,3)25-16(22)20-9-6-19(7-10-20)8-11-21(14-19)15-12-23-18(4,5)24-13-15/h15H,6-14H2,1-5H3. The van der Waals surface area contributed by atoms with Crippen molar-refractivity contribution in [1.82, 2.24) is 9.80 Å². The molecule has 3 heterocycles. The summed E-state index contributed by atoms with van der Waals surface area (Å²) in [6.45, 7) is 15.0. The monoisotopic (exact) mass is 354 g/mol. The number of rotatable bonds is 1. The van der Waals surface area contributed by atoms with Gasteiger partial charge < -0.3 is 19.1 Å². The minimum Gasteiger partial charge on any atom is -0.444 e. The maximum Gasteiger partial charge on any atom is 0.410 e. The summed E-state index contributed by atoms with van der Waals surface area (Å²) in [6, 6.07) is 0.358. The molecular weight excluding hydrogens is 320 g/mol. The largest absolute Gasteiger partial charge is 0.444 e. The molecule has 0 saturated carbocycles. The molecule has 0 N–H and O–H groups in total. The van der Waals surface area contributed by atoms with Gasteiger partial charge in [-0.1, -0.05) is 0 Å². The van der Waals surface area contributed by atoms with Crippen molar-refractivity contribution in [2.45, 2.75) is 71.3 Å². The van der Waals surface area contributed by atoms with Crippen LogP contribution < -0.4 is 0 Å². The molecule has 0 aromatic rings. The lowest BCUT2D eigenvalue weighted by atomic mass is 9.78. The second-order valence-electron chi connectivity index (χ2n) is 9.36. The molecule has 144 valence electrons. The summed E-state index contributed by atoms with van der Waals surface area (Å²) in [4.78, 5) is 16.6. The molecule has 25 heavy (non-hydrogen) atoms. The van der Waals surface area contributed by atoms with Gasteiger partial charge in [-0.05, 0) is 65.8 Å². The number of nitrogens with zero attached hydrogens (tertiary/aromatic N) is 2. The third-order valence-corrected chi connectivity index (χ3v) is 5.71. The van der Waals surface area contributed by atoms with E-state index in [2.05, 4.69) is 4.90 Å². The van der Waals surface area contributed by atoms with E-state index < -0.39 is 11.4 Å². The number of ether oxygens (including phenoxy) is 3. The average Bonchev–Trinajstić information content (AvgIpc) is 2.90. The quantitative estimate of drug-likeness (QED) is 0.725. The maximum atomic E-state index is 12.2. The van der Waals surface area contributed by atoms with Gasteiger partial charge in [0.1, 0.15) is 5.60 Å². The molecule has 0 aromatic carbocycles. The molecule has 3 aliphatic rings. The lowest BCUT2D eigenvalue weighted by Gasteiger charge is -2.42. The zero-order valence-electron chi connectivity index (χ0n) is 16.5. The summed E-state index contributed by atoms with van der Waals surface area (Å²) in [5, 5.41) is 0. The Morgan fingerprint density at radius 3 is 2.16 bits per heavy atom. The third kappa shape index (κ3) is 4.66. The van der Waals surface area contributed by atoms with Gasteiger partial charge in [0.25, 0.3) is 0 Å². The SMILES string of the molecule is CC(C)(C)OC(=O)N1CCC2(CC1)CCN(C1COC(C)(C)OC1)C2. The van der Waals surface area contributed by atoms with Crippen LogP contribution in [0, 0.1) is 5.41 Å². The Labute approximate surface area is 151 Å². The first-order valence-corrected chi connectivity index (χ1v) is 9.58. The predicted octanol–water partition coefficient (Wildman–Crippen LogP) is 2.86. The Balaban J connectivity index is 1.49. The van der Waals surface area contributed by atoms with Crippen molar-refractivity contribution in [3.63, 3.8) is 0 Å². The Bertz CT molecular complexity index is 482. The number of piperidine rings is 1. The Morgan fingerprint density at radius 1 is 1.04 bits per heavy atom. The Kier molecular flexibility index (Phi) is 5.08.